The minimum Gasteiger partial charge on any atom is -0.185 e. The third kappa shape index (κ3) is 6.39. The van der Waals surface area contributed by atoms with Gasteiger partial charge in [-0.25, -0.2) is 0 Å². The van der Waals surface area contributed by atoms with Gasteiger partial charge < -0.3 is 0 Å². The van der Waals surface area contributed by atoms with Gasteiger partial charge in [-0.1, -0.05) is 19.8 Å². The highest BCUT2D eigenvalue weighted by Gasteiger charge is 2.08. The van der Waals surface area contributed by atoms with Gasteiger partial charge in [-0.15, -0.1) is 0 Å². The van der Waals surface area contributed by atoms with Crippen LogP contribution in [0.5, 0.6) is 0 Å². The van der Waals surface area contributed by atoms with Crippen molar-refractivity contribution in [1.29, 1.82) is 10.5 Å². The van der Waals surface area contributed by atoms with E-state index in [1.165, 1.54) is 23.5 Å². The molecule has 12 heavy (non-hydrogen) atoms. The van der Waals surface area contributed by atoms with E-state index in [4.69, 9.17) is 10.5 Å². The maximum Gasteiger partial charge on any atom is 0.133 e. The van der Waals surface area contributed by atoms with E-state index in [1.54, 1.807) is 0 Å². The number of nitrogens with zero attached hydrogens (tertiary/aromatic N) is 2. The number of hydrogen-bond donors (Lipinski definition) is 0. The van der Waals surface area contributed by atoms with Crippen LogP contribution in [0.4, 0.5) is 0 Å². The lowest BCUT2D eigenvalue weighted by atomic mass is 10.2. The van der Waals surface area contributed by atoms with Gasteiger partial charge in [-0.05, 0) is 29.9 Å². The van der Waals surface area contributed by atoms with Gasteiger partial charge in [-0.2, -0.15) is 10.5 Å². The predicted molar refractivity (Wildman–Crippen MR) is 54.6 cm³/mol. The molecule has 2 nitrogen and oxygen atoms in total. The summed E-state index contributed by atoms with van der Waals surface area (Å²) >= 11 is 2.53. The smallest absolute Gasteiger partial charge is 0.133 e. The molecule has 0 bridgehead atoms. The molecule has 0 aromatic carbocycles. The molecular formula is C8H12N2S2. The molecule has 0 amide bonds. The Kier molecular flexibility index (Phi) is 8.54. The highest BCUT2D eigenvalue weighted by molar-refractivity contribution is 8.07. The quantitative estimate of drug-likeness (QED) is 0.618. The van der Waals surface area contributed by atoms with Crippen LogP contribution in [0, 0.1) is 21.3 Å². The minimum atomic E-state index is 0.333. The lowest BCUT2D eigenvalue weighted by molar-refractivity contribution is 0.719. The molecular weight excluding hydrogens is 188 g/mol. The molecule has 0 rings (SSSR count). The third-order valence-corrected chi connectivity index (χ3v) is 3.18. The summed E-state index contributed by atoms with van der Waals surface area (Å²) in [6.45, 7) is 2.13. The molecule has 0 radical (unpaired) electrons. The molecule has 0 fully saturated rings. The van der Waals surface area contributed by atoms with Crippen LogP contribution in [-0.4, -0.2) is 11.0 Å². The fraction of sp³-hybridized carbons (Fsp3) is 0.750. The van der Waals surface area contributed by atoms with Crippen LogP contribution in [0.25, 0.3) is 0 Å². The van der Waals surface area contributed by atoms with E-state index >= 15 is 0 Å². The van der Waals surface area contributed by atoms with Crippen LogP contribution in [-0.2, 0) is 0 Å². The van der Waals surface area contributed by atoms with E-state index in [0.717, 1.165) is 25.0 Å². The van der Waals surface area contributed by atoms with Gasteiger partial charge in [0.25, 0.3) is 0 Å². The van der Waals surface area contributed by atoms with Crippen LogP contribution in [0.15, 0.2) is 0 Å². The third-order valence-electron chi connectivity index (χ3n) is 1.43. The van der Waals surface area contributed by atoms with Crippen molar-refractivity contribution in [2.24, 2.45) is 0 Å². The zero-order valence-electron chi connectivity index (χ0n) is 7.12. The molecule has 66 valence electrons. The van der Waals surface area contributed by atoms with E-state index in [-0.39, 0.29) is 0 Å². The fourth-order valence-electron chi connectivity index (χ4n) is 0.813. The lowest BCUT2D eigenvalue weighted by Crippen LogP contribution is -2.04. The molecule has 0 unspecified atom stereocenters. The number of rotatable bonds is 6. The predicted octanol–water partition coefficient (Wildman–Crippen LogP) is 2.97. The van der Waals surface area contributed by atoms with Gasteiger partial charge in [0.2, 0.25) is 0 Å². The molecule has 0 spiro atoms. The summed E-state index contributed by atoms with van der Waals surface area (Å²) in [7, 11) is 0. The van der Waals surface area contributed by atoms with Gasteiger partial charge in [0.15, 0.2) is 0 Å². The van der Waals surface area contributed by atoms with E-state index in [0.29, 0.717) is 5.25 Å². The maximum atomic E-state index is 8.46. The average molecular weight is 200 g/mol. The van der Waals surface area contributed by atoms with Crippen molar-refractivity contribution in [2.45, 2.75) is 31.4 Å². The Bertz CT molecular complexity index is 180. The minimum absolute atomic E-state index is 0.333. The van der Waals surface area contributed by atoms with Crippen LogP contribution >= 0.6 is 23.5 Å². The average Bonchev–Trinajstić information content (AvgIpc) is 2.10. The van der Waals surface area contributed by atoms with Crippen LogP contribution < -0.4 is 0 Å². The van der Waals surface area contributed by atoms with Gasteiger partial charge in [-0.3, -0.25) is 0 Å². The second-order valence-electron chi connectivity index (χ2n) is 2.38. The number of thioether (sulfide) groups is 2. The highest BCUT2D eigenvalue weighted by atomic mass is 32.2. The summed E-state index contributed by atoms with van der Waals surface area (Å²) < 4.78 is 0. The fourth-order valence-corrected chi connectivity index (χ4v) is 2.15. The van der Waals surface area contributed by atoms with Crippen molar-refractivity contribution >= 4 is 23.5 Å². The van der Waals surface area contributed by atoms with E-state index in [2.05, 4.69) is 12.3 Å². The standard InChI is InChI=1S/C8H12N2S2/c1-2-3-4-8(12-7-10)5-11-6-9/h8H,2-5H2,1H3/t8-/m0/s1. The molecule has 0 aliphatic rings. The van der Waals surface area contributed by atoms with Gasteiger partial charge in [0, 0.05) is 11.0 Å². The number of nitriles is 2. The second-order valence-corrected chi connectivity index (χ2v) is 4.27. The highest BCUT2D eigenvalue weighted by Crippen LogP contribution is 2.20. The Morgan fingerprint density at radius 2 is 2.08 bits per heavy atom. The molecule has 1 atom stereocenters. The number of unbranched alkanes of at least 4 members (excludes halogenated alkanes) is 1. The normalized spacial score (nSPS) is 11.6. The summed E-state index contributed by atoms with van der Waals surface area (Å²) in [4.78, 5) is 0. The van der Waals surface area contributed by atoms with Crippen molar-refractivity contribution in [3.05, 3.63) is 0 Å². The van der Waals surface area contributed by atoms with Crippen LogP contribution in [0.2, 0.25) is 0 Å². The first-order valence-corrected chi connectivity index (χ1v) is 5.77. The van der Waals surface area contributed by atoms with Crippen molar-refractivity contribution in [2.75, 3.05) is 5.75 Å². The zero-order chi connectivity index (χ0) is 9.23. The molecule has 0 saturated carbocycles. The topological polar surface area (TPSA) is 47.6 Å². The van der Waals surface area contributed by atoms with E-state index in [9.17, 15) is 0 Å². The van der Waals surface area contributed by atoms with E-state index in [1.807, 2.05) is 5.40 Å². The Labute approximate surface area is 82.3 Å². The number of thiocyanates is 2. The summed E-state index contributed by atoms with van der Waals surface area (Å²) in [6, 6.07) is 0. The van der Waals surface area contributed by atoms with Crippen LogP contribution in [0.3, 0.4) is 0 Å². The van der Waals surface area contributed by atoms with Gasteiger partial charge in [0.05, 0.1) is 0 Å². The van der Waals surface area contributed by atoms with E-state index < -0.39 is 0 Å². The molecule has 0 aliphatic carbocycles. The monoisotopic (exact) mass is 200 g/mol. The van der Waals surface area contributed by atoms with Gasteiger partial charge in [0.1, 0.15) is 10.8 Å². The zero-order valence-corrected chi connectivity index (χ0v) is 8.75. The van der Waals surface area contributed by atoms with Crippen molar-refractivity contribution in [3.63, 3.8) is 0 Å². The Morgan fingerprint density at radius 3 is 2.58 bits per heavy atom. The Balaban J connectivity index is 3.57. The molecule has 0 aliphatic heterocycles. The number of hydrogen-bond acceptors (Lipinski definition) is 4. The first kappa shape index (κ1) is 11.7. The molecule has 0 aromatic rings. The van der Waals surface area contributed by atoms with Gasteiger partial charge >= 0.3 is 0 Å². The molecule has 0 heterocycles. The molecule has 0 aromatic heterocycles. The largest absolute Gasteiger partial charge is 0.185 e. The summed E-state index contributed by atoms with van der Waals surface area (Å²) in [5, 5.41) is 21.2. The first-order valence-electron chi connectivity index (χ1n) is 3.90. The summed E-state index contributed by atoms with van der Waals surface area (Å²) in [5.41, 5.74) is 0. The first-order chi connectivity index (χ1) is 5.85. The van der Waals surface area contributed by atoms with Crippen molar-refractivity contribution < 1.29 is 0 Å². The Morgan fingerprint density at radius 1 is 1.33 bits per heavy atom. The molecule has 4 heteroatoms. The SMILES string of the molecule is CCCC[C@@H](CSC#N)SC#N. The van der Waals surface area contributed by atoms with Crippen molar-refractivity contribution in [3.8, 4) is 10.8 Å². The lowest BCUT2D eigenvalue weighted by Gasteiger charge is -2.08. The van der Waals surface area contributed by atoms with Crippen molar-refractivity contribution in [1.82, 2.24) is 0 Å². The second kappa shape index (κ2) is 8.77. The molecule has 0 N–H and O–H groups in total. The summed E-state index contributed by atoms with van der Waals surface area (Å²) in [6.07, 6.45) is 3.34. The maximum absolute atomic E-state index is 8.46. The Hall–Kier alpha value is -0.320. The summed E-state index contributed by atoms with van der Waals surface area (Å²) in [5.74, 6) is 0.773. The van der Waals surface area contributed by atoms with Crippen LogP contribution in [0.1, 0.15) is 26.2 Å². The molecule has 0 saturated heterocycles.